The zero-order valence-corrected chi connectivity index (χ0v) is 10.0. The van der Waals surface area contributed by atoms with Crippen LogP contribution >= 0.6 is 0 Å². The molecule has 1 aromatic rings. The highest BCUT2D eigenvalue weighted by Gasteiger charge is 2.26. The second kappa shape index (κ2) is 4.57. The maximum absolute atomic E-state index is 11.6. The molecule has 1 aliphatic rings. The van der Waals surface area contributed by atoms with Gasteiger partial charge in [0.2, 0.25) is 0 Å². The van der Waals surface area contributed by atoms with E-state index in [0.717, 1.165) is 24.0 Å². The van der Waals surface area contributed by atoms with Crippen molar-refractivity contribution in [2.75, 3.05) is 5.32 Å². The summed E-state index contributed by atoms with van der Waals surface area (Å²) in [5.74, 6) is -1.14. The lowest BCUT2D eigenvalue weighted by Gasteiger charge is -2.08. The fourth-order valence-electron chi connectivity index (χ4n) is 1.61. The van der Waals surface area contributed by atoms with Gasteiger partial charge in [-0.3, -0.25) is 9.59 Å². The van der Waals surface area contributed by atoms with Gasteiger partial charge in [0, 0.05) is 11.7 Å². The first-order valence-electron chi connectivity index (χ1n) is 5.75. The van der Waals surface area contributed by atoms with Crippen molar-refractivity contribution in [1.29, 1.82) is 0 Å². The van der Waals surface area contributed by atoms with Crippen molar-refractivity contribution in [3.8, 4) is 0 Å². The summed E-state index contributed by atoms with van der Waals surface area (Å²) in [7, 11) is 0. The minimum atomic E-state index is -0.594. The Kier molecular flexibility index (Phi) is 3.13. The van der Waals surface area contributed by atoms with Gasteiger partial charge < -0.3 is 10.6 Å². The Morgan fingerprint density at radius 2 is 1.88 bits per heavy atom. The molecular formula is C13H16N2O2. The highest BCUT2D eigenvalue weighted by atomic mass is 16.2. The second-order valence-electron chi connectivity index (χ2n) is 4.52. The minimum absolute atomic E-state index is 0.201. The first kappa shape index (κ1) is 11.6. The van der Waals surface area contributed by atoms with Gasteiger partial charge >= 0.3 is 11.8 Å². The lowest BCUT2D eigenvalue weighted by molar-refractivity contribution is -0.136. The Bertz CT molecular complexity index is 464. The van der Waals surface area contributed by atoms with Crippen LogP contribution in [0.25, 0.3) is 0 Å². The number of anilines is 1. The number of carbonyl (C=O) groups excluding carboxylic acids is 2. The lowest BCUT2D eigenvalue weighted by atomic mass is 10.1. The normalized spacial score (nSPS) is 14.2. The van der Waals surface area contributed by atoms with Gasteiger partial charge in [0.25, 0.3) is 0 Å². The van der Waals surface area contributed by atoms with Crippen molar-refractivity contribution in [3.63, 3.8) is 0 Å². The summed E-state index contributed by atoms with van der Waals surface area (Å²) in [5.41, 5.74) is 2.77. The molecule has 17 heavy (non-hydrogen) atoms. The molecule has 1 aliphatic carbocycles. The molecule has 2 rings (SSSR count). The quantitative estimate of drug-likeness (QED) is 0.759. The topological polar surface area (TPSA) is 58.2 Å². The maximum atomic E-state index is 11.6. The highest BCUT2D eigenvalue weighted by molar-refractivity contribution is 6.39. The third kappa shape index (κ3) is 3.06. The standard InChI is InChI=1S/C13H16N2O2/c1-8-3-6-11(9(2)7-8)15-13(17)12(16)14-10-4-5-10/h3,6-7,10H,4-5H2,1-2H3,(H,14,16)(H,15,17). The molecule has 1 saturated carbocycles. The van der Waals surface area contributed by atoms with E-state index in [2.05, 4.69) is 10.6 Å². The lowest BCUT2D eigenvalue weighted by Crippen LogP contribution is -2.36. The predicted octanol–water partition coefficient (Wildman–Crippen LogP) is 1.52. The monoisotopic (exact) mass is 232 g/mol. The van der Waals surface area contributed by atoms with Crippen LogP contribution in [0.15, 0.2) is 18.2 Å². The van der Waals surface area contributed by atoms with E-state index in [1.807, 2.05) is 32.0 Å². The third-order valence-corrected chi connectivity index (χ3v) is 2.75. The van der Waals surface area contributed by atoms with Crippen molar-refractivity contribution >= 4 is 17.5 Å². The fraction of sp³-hybridized carbons (Fsp3) is 0.385. The average Bonchev–Trinajstić information content (AvgIpc) is 3.06. The Labute approximate surface area is 100 Å². The number of amides is 2. The molecule has 1 fully saturated rings. The molecule has 0 spiro atoms. The number of hydrogen-bond donors (Lipinski definition) is 2. The van der Waals surface area contributed by atoms with E-state index in [0.29, 0.717) is 5.69 Å². The summed E-state index contributed by atoms with van der Waals surface area (Å²) in [4.78, 5) is 23.0. The van der Waals surface area contributed by atoms with Crippen LogP contribution in [0, 0.1) is 13.8 Å². The summed E-state index contributed by atoms with van der Waals surface area (Å²) >= 11 is 0. The number of aryl methyl sites for hydroxylation is 2. The molecule has 2 N–H and O–H groups in total. The van der Waals surface area contributed by atoms with Crippen molar-refractivity contribution in [2.24, 2.45) is 0 Å². The Morgan fingerprint density at radius 1 is 1.18 bits per heavy atom. The van der Waals surface area contributed by atoms with Crippen molar-refractivity contribution < 1.29 is 9.59 Å². The maximum Gasteiger partial charge on any atom is 0.313 e. The van der Waals surface area contributed by atoms with Gasteiger partial charge in [-0.25, -0.2) is 0 Å². The molecule has 0 saturated heterocycles. The summed E-state index contributed by atoms with van der Waals surface area (Å²) in [6.07, 6.45) is 1.95. The van der Waals surface area contributed by atoms with Crippen LogP contribution < -0.4 is 10.6 Å². The molecule has 90 valence electrons. The van der Waals surface area contributed by atoms with Crippen LogP contribution in [0.4, 0.5) is 5.69 Å². The van der Waals surface area contributed by atoms with Crippen LogP contribution in [0.2, 0.25) is 0 Å². The van der Waals surface area contributed by atoms with E-state index in [9.17, 15) is 9.59 Å². The molecular weight excluding hydrogens is 216 g/mol. The van der Waals surface area contributed by atoms with Gasteiger partial charge in [0.15, 0.2) is 0 Å². The Balaban J connectivity index is 1.99. The van der Waals surface area contributed by atoms with Crippen LogP contribution in [-0.4, -0.2) is 17.9 Å². The minimum Gasteiger partial charge on any atom is -0.345 e. The molecule has 1 aromatic carbocycles. The molecule has 0 heterocycles. The van der Waals surface area contributed by atoms with Gasteiger partial charge in [-0.15, -0.1) is 0 Å². The largest absolute Gasteiger partial charge is 0.345 e. The predicted molar refractivity (Wildman–Crippen MR) is 65.7 cm³/mol. The average molecular weight is 232 g/mol. The van der Waals surface area contributed by atoms with E-state index in [1.165, 1.54) is 0 Å². The fourth-order valence-corrected chi connectivity index (χ4v) is 1.61. The Morgan fingerprint density at radius 3 is 2.47 bits per heavy atom. The van der Waals surface area contributed by atoms with Gasteiger partial charge in [0.05, 0.1) is 0 Å². The summed E-state index contributed by atoms with van der Waals surface area (Å²) in [6, 6.07) is 5.88. The number of carbonyl (C=O) groups is 2. The third-order valence-electron chi connectivity index (χ3n) is 2.75. The smallest absolute Gasteiger partial charge is 0.313 e. The molecule has 0 radical (unpaired) electrons. The molecule has 0 bridgehead atoms. The van der Waals surface area contributed by atoms with Gasteiger partial charge in [-0.05, 0) is 38.3 Å². The Hall–Kier alpha value is -1.84. The second-order valence-corrected chi connectivity index (χ2v) is 4.52. The van der Waals surface area contributed by atoms with Crippen molar-refractivity contribution in [1.82, 2.24) is 5.32 Å². The van der Waals surface area contributed by atoms with E-state index < -0.39 is 11.8 Å². The van der Waals surface area contributed by atoms with Crippen LogP contribution in [0.3, 0.4) is 0 Å². The molecule has 4 heteroatoms. The van der Waals surface area contributed by atoms with Crippen LogP contribution in [-0.2, 0) is 9.59 Å². The first-order chi connectivity index (χ1) is 8.06. The molecule has 0 aliphatic heterocycles. The summed E-state index contributed by atoms with van der Waals surface area (Å²) in [6.45, 7) is 3.89. The van der Waals surface area contributed by atoms with E-state index in [-0.39, 0.29) is 6.04 Å². The summed E-state index contributed by atoms with van der Waals surface area (Å²) in [5, 5.41) is 5.27. The van der Waals surface area contributed by atoms with Gasteiger partial charge in [-0.2, -0.15) is 0 Å². The number of hydrogen-bond acceptors (Lipinski definition) is 2. The number of benzene rings is 1. The molecule has 2 amide bonds. The number of nitrogens with one attached hydrogen (secondary N) is 2. The molecule has 0 aromatic heterocycles. The first-order valence-corrected chi connectivity index (χ1v) is 5.75. The highest BCUT2D eigenvalue weighted by Crippen LogP contribution is 2.19. The van der Waals surface area contributed by atoms with E-state index in [4.69, 9.17) is 0 Å². The zero-order valence-electron chi connectivity index (χ0n) is 10.0. The molecule has 0 unspecified atom stereocenters. The number of rotatable bonds is 2. The van der Waals surface area contributed by atoms with Crippen LogP contribution in [0.1, 0.15) is 24.0 Å². The van der Waals surface area contributed by atoms with E-state index in [1.54, 1.807) is 0 Å². The van der Waals surface area contributed by atoms with E-state index >= 15 is 0 Å². The summed E-state index contributed by atoms with van der Waals surface area (Å²) < 4.78 is 0. The van der Waals surface area contributed by atoms with Crippen LogP contribution in [0.5, 0.6) is 0 Å². The van der Waals surface area contributed by atoms with Crippen molar-refractivity contribution in [3.05, 3.63) is 29.3 Å². The van der Waals surface area contributed by atoms with Gasteiger partial charge in [-0.1, -0.05) is 17.7 Å². The zero-order chi connectivity index (χ0) is 12.4. The SMILES string of the molecule is Cc1ccc(NC(=O)C(=O)NC2CC2)c(C)c1. The van der Waals surface area contributed by atoms with Crippen molar-refractivity contribution in [2.45, 2.75) is 32.7 Å². The molecule has 4 nitrogen and oxygen atoms in total. The molecule has 0 atom stereocenters. The van der Waals surface area contributed by atoms with Gasteiger partial charge in [0.1, 0.15) is 0 Å².